The summed E-state index contributed by atoms with van der Waals surface area (Å²) in [6, 6.07) is -0.0352. The lowest BCUT2D eigenvalue weighted by molar-refractivity contribution is -0.145. The van der Waals surface area contributed by atoms with Gasteiger partial charge in [-0.05, 0) is 69.1 Å². The predicted octanol–water partition coefficient (Wildman–Crippen LogP) is -2.37. The van der Waals surface area contributed by atoms with Gasteiger partial charge in [-0.25, -0.2) is 4.79 Å². The van der Waals surface area contributed by atoms with Crippen LogP contribution in [0.15, 0.2) is 29.3 Å². The number of hydrogen-bond acceptors (Lipinski definition) is 10. The second kappa shape index (κ2) is 20.1. The maximum atomic E-state index is 14.2. The lowest BCUT2D eigenvalue weighted by Crippen LogP contribution is -2.59. The minimum Gasteiger partial charge on any atom is -0.508 e. The van der Waals surface area contributed by atoms with E-state index in [2.05, 4.69) is 26.3 Å². The Kier molecular flexibility index (Phi) is 16.0. The summed E-state index contributed by atoms with van der Waals surface area (Å²) >= 11 is 0. The molecule has 0 radical (unpaired) electrons. The first kappa shape index (κ1) is 42.9. The summed E-state index contributed by atoms with van der Waals surface area (Å²) in [5.41, 5.74) is 16.9. The molecule has 3 rings (SSSR count). The molecule has 298 valence electrons. The number of aliphatic imine (C=N–C) groups is 1. The summed E-state index contributed by atoms with van der Waals surface area (Å²) in [5, 5.41) is 29.6. The number of aromatic hydroxyl groups is 1. The summed E-state index contributed by atoms with van der Waals surface area (Å²) in [6.45, 7) is 5.10. The number of nitrogens with two attached hydrogens (primary N) is 3. The van der Waals surface area contributed by atoms with Crippen molar-refractivity contribution >= 4 is 47.4 Å². The van der Waals surface area contributed by atoms with E-state index in [9.17, 15) is 43.8 Å². The number of phenolic OH excluding ortho intramolecular Hbond substituents is 1. The van der Waals surface area contributed by atoms with Crippen molar-refractivity contribution in [2.75, 3.05) is 26.2 Å². The largest absolute Gasteiger partial charge is 0.508 e. The van der Waals surface area contributed by atoms with Crippen molar-refractivity contribution < 1.29 is 43.8 Å². The average Bonchev–Trinajstić information content (AvgIpc) is 3.81. The standard InChI is InChI=1S/C35H54N10O9/c1-19(2)28(43-29(48)20(3)36)33(52)45-16-6-9-26(45)31(50)42-24(17-21-10-12-22(46)13-11-21)32(51)44-15-5-8-25(44)30(49)40-18-27(47)41-23(34(53)54)7-4-14-39-35(37)38/h10-13,19-20,23-26,28,46H,4-9,14-18,36H2,1-3H3,(H,40,49)(H,41,47)(H,42,50)(H,43,48)(H,53,54)(H4,37,38,39)/t20-,23-,24-,25-,26-,28-/m0/s1. The number of likely N-dealkylation sites (tertiary alicyclic amines) is 2. The monoisotopic (exact) mass is 758 g/mol. The third-order valence-electron chi connectivity index (χ3n) is 9.31. The molecule has 19 heteroatoms. The van der Waals surface area contributed by atoms with Crippen molar-refractivity contribution in [1.29, 1.82) is 0 Å². The smallest absolute Gasteiger partial charge is 0.326 e. The number of benzene rings is 1. The minimum atomic E-state index is -1.27. The molecule has 6 amide bonds. The minimum absolute atomic E-state index is 0.00235. The molecule has 0 bridgehead atoms. The molecule has 12 N–H and O–H groups in total. The number of guanidine groups is 1. The molecule has 0 spiro atoms. The Morgan fingerprint density at radius 1 is 0.852 bits per heavy atom. The molecular formula is C35H54N10O9. The lowest BCUT2D eigenvalue weighted by atomic mass is 10.0. The van der Waals surface area contributed by atoms with E-state index in [0.29, 0.717) is 24.8 Å². The van der Waals surface area contributed by atoms with Gasteiger partial charge in [0.15, 0.2) is 5.96 Å². The quantitative estimate of drug-likeness (QED) is 0.0431. The number of carboxylic acid groups (broad SMARTS) is 1. The Labute approximate surface area is 313 Å². The first-order valence-corrected chi connectivity index (χ1v) is 18.1. The molecule has 0 aromatic heterocycles. The molecular weight excluding hydrogens is 704 g/mol. The molecule has 2 fully saturated rings. The summed E-state index contributed by atoms with van der Waals surface area (Å²) in [4.78, 5) is 98.2. The second-order valence-corrected chi connectivity index (χ2v) is 14.0. The topological polar surface area (TPSA) is 305 Å². The van der Waals surface area contributed by atoms with Crippen LogP contribution in [0.3, 0.4) is 0 Å². The van der Waals surface area contributed by atoms with Crippen molar-refractivity contribution in [3.05, 3.63) is 29.8 Å². The van der Waals surface area contributed by atoms with Crippen LogP contribution < -0.4 is 38.5 Å². The second-order valence-electron chi connectivity index (χ2n) is 14.0. The number of rotatable bonds is 18. The fourth-order valence-corrected chi connectivity index (χ4v) is 6.41. The molecule has 2 saturated heterocycles. The van der Waals surface area contributed by atoms with Crippen LogP contribution in [0.4, 0.5) is 0 Å². The Morgan fingerprint density at radius 3 is 2.00 bits per heavy atom. The van der Waals surface area contributed by atoms with Crippen molar-refractivity contribution in [1.82, 2.24) is 31.1 Å². The number of nitrogens with zero attached hydrogens (tertiary/aromatic N) is 3. The van der Waals surface area contributed by atoms with Crippen molar-refractivity contribution in [3.63, 3.8) is 0 Å². The number of carboxylic acids is 1. The van der Waals surface area contributed by atoms with Crippen LogP contribution in [0, 0.1) is 5.92 Å². The van der Waals surface area contributed by atoms with Crippen LogP contribution in [-0.4, -0.2) is 130 Å². The molecule has 54 heavy (non-hydrogen) atoms. The molecule has 2 aliphatic heterocycles. The number of amides is 6. The van der Waals surface area contributed by atoms with E-state index >= 15 is 0 Å². The van der Waals surface area contributed by atoms with Gasteiger partial charge >= 0.3 is 5.97 Å². The highest BCUT2D eigenvalue weighted by Gasteiger charge is 2.42. The fraction of sp³-hybridized carbons (Fsp3) is 0.600. The van der Waals surface area contributed by atoms with Crippen LogP contribution in [0.2, 0.25) is 0 Å². The Hall–Kier alpha value is -5.46. The number of aliphatic carboxylic acids is 1. The van der Waals surface area contributed by atoms with Gasteiger partial charge in [0, 0.05) is 26.1 Å². The van der Waals surface area contributed by atoms with Gasteiger partial charge < -0.3 is 58.5 Å². The van der Waals surface area contributed by atoms with E-state index in [1.165, 1.54) is 28.9 Å². The van der Waals surface area contributed by atoms with Crippen LogP contribution in [0.25, 0.3) is 0 Å². The summed E-state index contributed by atoms with van der Waals surface area (Å²) in [5.74, 6) is -5.20. The molecule has 0 saturated carbocycles. The Balaban J connectivity index is 1.73. The van der Waals surface area contributed by atoms with Gasteiger partial charge in [0.25, 0.3) is 0 Å². The number of nitrogens with one attached hydrogen (secondary N) is 4. The number of carbonyl (C=O) groups excluding carboxylic acids is 6. The first-order valence-electron chi connectivity index (χ1n) is 18.1. The van der Waals surface area contributed by atoms with E-state index in [0.717, 1.165) is 0 Å². The van der Waals surface area contributed by atoms with Gasteiger partial charge in [-0.15, -0.1) is 0 Å². The zero-order valence-electron chi connectivity index (χ0n) is 31.0. The lowest BCUT2D eigenvalue weighted by Gasteiger charge is -2.33. The third kappa shape index (κ3) is 12.3. The van der Waals surface area contributed by atoms with Gasteiger partial charge in [0.05, 0.1) is 12.6 Å². The van der Waals surface area contributed by atoms with Crippen molar-refractivity contribution in [3.8, 4) is 5.75 Å². The maximum Gasteiger partial charge on any atom is 0.326 e. The molecule has 6 atom stereocenters. The van der Waals surface area contributed by atoms with Crippen molar-refractivity contribution in [2.45, 2.75) is 102 Å². The molecule has 0 unspecified atom stereocenters. The molecule has 2 heterocycles. The third-order valence-corrected chi connectivity index (χ3v) is 9.31. The molecule has 2 aliphatic rings. The van der Waals surface area contributed by atoms with Gasteiger partial charge in [0.2, 0.25) is 35.4 Å². The first-order chi connectivity index (χ1) is 25.5. The van der Waals surface area contributed by atoms with E-state index in [4.69, 9.17) is 17.2 Å². The molecule has 19 nitrogen and oxygen atoms in total. The highest BCUT2D eigenvalue weighted by molar-refractivity contribution is 5.97. The highest BCUT2D eigenvalue weighted by Crippen LogP contribution is 2.23. The van der Waals surface area contributed by atoms with Crippen LogP contribution in [-0.2, 0) is 40.0 Å². The molecule has 1 aromatic rings. The number of hydrogen-bond donors (Lipinski definition) is 9. The van der Waals surface area contributed by atoms with E-state index in [-0.39, 0.29) is 62.9 Å². The van der Waals surface area contributed by atoms with E-state index < -0.39 is 84.2 Å². The van der Waals surface area contributed by atoms with Gasteiger partial charge in [-0.3, -0.25) is 33.8 Å². The fourth-order valence-electron chi connectivity index (χ4n) is 6.41. The van der Waals surface area contributed by atoms with Gasteiger partial charge in [0.1, 0.15) is 36.0 Å². The Morgan fingerprint density at radius 2 is 1.44 bits per heavy atom. The normalized spacial score (nSPS) is 18.9. The summed E-state index contributed by atoms with van der Waals surface area (Å²) in [7, 11) is 0. The highest BCUT2D eigenvalue weighted by atomic mass is 16.4. The van der Waals surface area contributed by atoms with Crippen LogP contribution in [0.1, 0.15) is 64.9 Å². The van der Waals surface area contributed by atoms with E-state index in [1.807, 2.05) is 0 Å². The molecule has 1 aromatic carbocycles. The average molecular weight is 759 g/mol. The van der Waals surface area contributed by atoms with Crippen LogP contribution >= 0.6 is 0 Å². The maximum absolute atomic E-state index is 14.2. The molecule has 0 aliphatic carbocycles. The van der Waals surface area contributed by atoms with Crippen LogP contribution in [0.5, 0.6) is 5.75 Å². The number of phenols is 1. The summed E-state index contributed by atoms with van der Waals surface area (Å²) in [6.07, 6.45) is 1.89. The van der Waals surface area contributed by atoms with Gasteiger partial charge in [-0.2, -0.15) is 0 Å². The SMILES string of the molecule is CC(C)[C@H](NC(=O)[C@H](C)N)C(=O)N1CCC[C@H]1C(=O)N[C@@H](Cc1ccc(O)cc1)C(=O)N1CCC[C@H]1C(=O)NCC(=O)N[C@@H](CCCN=C(N)N)C(=O)O. The Bertz CT molecular complexity index is 1550. The summed E-state index contributed by atoms with van der Waals surface area (Å²) < 4.78 is 0. The zero-order chi connectivity index (χ0) is 40.1. The van der Waals surface area contributed by atoms with Gasteiger partial charge in [-0.1, -0.05) is 26.0 Å². The zero-order valence-corrected chi connectivity index (χ0v) is 31.0. The van der Waals surface area contributed by atoms with E-state index in [1.54, 1.807) is 26.0 Å². The predicted molar refractivity (Wildman–Crippen MR) is 196 cm³/mol. The van der Waals surface area contributed by atoms with Crippen molar-refractivity contribution in [2.24, 2.45) is 28.1 Å². The number of carbonyl (C=O) groups is 7.